The molecule has 0 heterocycles. The zero-order chi connectivity index (χ0) is 8.65. The second-order valence-corrected chi connectivity index (χ2v) is 2.71. The first-order valence-corrected chi connectivity index (χ1v) is 4.46. The Balaban J connectivity index is 2.16. The monoisotopic (exact) mass is 163 g/mol. The molecule has 0 aliphatic carbocycles. The smallest absolute Gasteiger partial charge is 0.0469 e. The Kier molecular flexibility index (Phi) is 4.47. The van der Waals surface area contributed by atoms with E-state index in [0.717, 1.165) is 26.1 Å². The van der Waals surface area contributed by atoms with Gasteiger partial charge in [-0.3, -0.25) is 0 Å². The van der Waals surface area contributed by atoms with Gasteiger partial charge in [-0.15, -0.1) is 0 Å². The van der Waals surface area contributed by atoms with Crippen LogP contribution < -0.4 is 0 Å². The zero-order valence-corrected chi connectivity index (χ0v) is 7.55. The molecule has 1 aromatic rings. The summed E-state index contributed by atoms with van der Waals surface area (Å²) >= 11 is 0. The number of rotatable bonds is 5. The van der Waals surface area contributed by atoms with Crippen LogP contribution >= 0.6 is 0 Å². The van der Waals surface area contributed by atoms with Crippen LogP contribution in [0.25, 0.3) is 0 Å². The van der Waals surface area contributed by atoms with Crippen LogP contribution in [0.1, 0.15) is 18.9 Å². The standard InChI is InChI=1S/C11H15O/c1-2-12-10-6-9-11-7-4-3-5-8-11/h4-5,7-8H,2,6,9-10H2,1H3. The van der Waals surface area contributed by atoms with Crippen molar-refractivity contribution in [2.75, 3.05) is 13.2 Å². The molecule has 0 aliphatic heterocycles. The van der Waals surface area contributed by atoms with Gasteiger partial charge in [0.05, 0.1) is 0 Å². The molecule has 0 saturated carbocycles. The third-order valence-electron chi connectivity index (χ3n) is 1.75. The maximum Gasteiger partial charge on any atom is 0.0469 e. The van der Waals surface area contributed by atoms with Gasteiger partial charge in [0, 0.05) is 13.2 Å². The topological polar surface area (TPSA) is 9.23 Å². The van der Waals surface area contributed by atoms with E-state index in [1.165, 1.54) is 5.56 Å². The maximum absolute atomic E-state index is 5.25. The Morgan fingerprint density at radius 3 is 2.75 bits per heavy atom. The van der Waals surface area contributed by atoms with E-state index in [0.29, 0.717) is 0 Å². The molecule has 0 aliphatic rings. The molecule has 0 bridgehead atoms. The number of hydrogen-bond donors (Lipinski definition) is 0. The summed E-state index contributed by atoms with van der Waals surface area (Å²) in [5.74, 6) is 0. The minimum atomic E-state index is 0.822. The third-order valence-corrected chi connectivity index (χ3v) is 1.75. The van der Waals surface area contributed by atoms with Crippen molar-refractivity contribution in [3.63, 3.8) is 0 Å². The van der Waals surface area contributed by atoms with Crippen LogP contribution in [-0.2, 0) is 11.2 Å². The van der Waals surface area contributed by atoms with Gasteiger partial charge in [0.25, 0.3) is 0 Å². The highest BCUT2D eigenvalue weighted by Crippen LogP contribution is 2.01. The quantitative estimate of drug-likeness (QED) is 0.606. The predicted octanol–water partition coefficient (Wildman–Crippen LogP) is 2.46. The summed E-state index contributed by atoms with van der Waals surface area (Å²) in [6.07, 6.45) is 2.21. The molecule has 0 aromatic heterocycles. The van der Waals surface area contributed by atoms with Crippen molar-refractivity contribution in [1.82, 2.24) is 0 Å². The van der Waals surface area contributed by atoms with Crippen LogP contribution in [0.2, 0.25) is 0 Å². The van der Waals surface area contributed by atoms with Crippen molar-refractivity contribution in [2.45, 2.75) is 19.8 Å². The number of aryl methyl sites for hydroxylation is 1. The molecule has 1 radical (unpaired) electrons. The van der Waals surface area contributed by atoms with E-state index < -0.39 is 0 Å². The first-order chi connectivity index (χ1) is 5.93. The minimum absolute atomic E-state index is 0.822. The van der Waals surface area contributed by atoms with Crippen molar-refractivity contribution in [1.29, 1.82) is 0 Å². The van der Waals surface area contributed by atoms with Gasteiger partial charge in [-0.1, -0.05) is 24.3 Å². The lowest BCUT2D eigenvalue weighted by molar-refractivity contribution is 0.145. The van der Waals surface area contributed by atoms with Crippen molar-refractivity contribution < 1.29 is 4.74 Å². The first kappa shape index (κ1) is 9.27. The molecule has 0 fully saturated rings. The summed E-state index contributed by atoms with van der Waals surface area (Å²) < 4.78 is 5.25. The summed E-state index contributed by atoms with van der Waals surface area (Å²) in [6, 6.07) is 11.1. The molecule has 1 aromatic carbocycles. The van der Waals surface area contributed by atoms with Gasteiger partial charge in [0.15, 0.2) is 0 Å². The largest absolute Gasteiger partial charge is 0.382 e. The van der Waals surface area contributed by atoms with E-state index in [-0.39, 0.29) is 0 Å². The predicted molar refractivity (Wildman–Crippen MR) is 50.1 cm³/mol. The van der Waals surface area contributed by atoms with Crippen molar-refractivity contribution in [3.05, 3.63) is 35.9 Å². The van der Waals surface area contributed by atoms with E-state index in [1.54, 1.807) is 0 Å². The summed E-state index contributed by atoms with van der Waals surface area (Å²) in [5, 5.41) is 0. The fraction of sp³-hybridized carbons (Fsp3) is 0.455. The van der Waals surface area contributed by atoms with E-state index in [9.17, 15) is 0 Å². The number of hydrogen-bond acceptors (Lipinski definition) is 1. The molecule has 0 spiro atoms. The van der Waals surface area contributed by atoms with Crippen molar-refractivity contribution >= 4 is 0 Å². The van der Waals surface area contributed by atoms with Gasteiger partial charge in [-0.25, -0.2) is 0 Å². The van der Waals surface area contributed by atoms with Gasteiger partial charge in [-0.05, 0) is 31.4 Å². The Hall–Kier alpha value is -0.820. The Morgan fingerprint density at radius 2 is 2.08 bits per heavy atom. The molecule has 65 valence electrons. The van der Waals surface area contributed by atoms with Crippen LogP contribution in [0.4, 0.5) is 0 Å². The van der Waals surface area contributed by atoms with Gasteiger partial charge in [-0.2, -0.15) is 0 Å². The summed E-state index contributed by atoms with van der Waals surface area (Å²) in [6.45, 7) is 3.72. The fourth-order valence-electron chi connectivity index (χ4n) is 1.11. The molecule has 0 N–H and O–H groups in total. The Bertz CT molecular complexity index is 193. The van der Waals surface area contributed by atoms with E-state index in [4.69, 9.17) is 4.74 Å². The SMILES string of the molecule is CCOCCCc1cc[c]cc1. The highest BCUT2D eigenvalue weighted by atomic mass is 16.5. The average Bonchev–Trinajstić information content (AvgIpc) is 2.14. The molecule has 1 nitrogen and oxygen atoms in total. The molecule has 0 unspecified atom stereocenters. The molecule has 12 heavy (non-hydrogen) atoms. The maximum atomic E-state index is 5.25. The summed E-state index contributed by atoms with van der Waals surface area (Å²) in [5.41, 5.74) is 1.37. The lowest BCUT2D eigenvalue weighted by Gasteiger charge is -2.00. The lowest BCUT2D eigenvalue weighted by Crippen LogP contribution is -1.95. The Labute approximate surface area is 74.4 Å². The zero-order valence-electron chi connectivity index (χ0n) is 7.55. The fourth-order valence-corrected chi connectivity index (χ4v) is 1.11. The third kappa shape index (κ3) is 3.54. The molecule has 1 rings (SSSR count). The second kappa shape index (κ2) is 5.78. The van der Waals surface area contributed by atoms with Crippen LogP contribution in [0.3, 0.4) is 0 Å². The van der Waals surface area contributed by atoms with Crippen LogP contribution in [0, 0.1) is 6.07 Å². The van der Waals surface area contributed by atoms with E-state index in [1.807, 2.05) is 19.1 Å². The molecule has 0 amide bonds. The Morgan fingerprint density at radius 1 is 1.33 bits per heavy atom. The van der Waals surface area contributed by atoms with Crippen LogP contribution in [-0.4, -0.2) is 13.2 Å². The summed E-state index contributed by atoms with van der Waals surface area (Å²) in [4.78, 5) is 0. The second-order valence-electron chi connectivity index (χ2n) is 2.71. The van der Waals surface area contributed by atoms with Crippen molar-refractivity contribution in [3.8, 4) is 0 Å². The molecule has 0 saturated heterocycles. The highest BCUT2D eigenvalue weighted by Gasteiger charge is 1.90. The van der Waals surface area contributed by atoms with Crippen LogP contribution in [0.5, 0.6) is 0 Å². The van der Waals surface area contributed by atoms with Gasteiger partial charge in [0.1, 0.15) is 0 Å². The van der Waals surface area contributed by atoms with Gasteiger partial charge >= 0.3 is 0 Å². The first-order valence-electron chi connectivity index (χ1n) is 4.46. The van der Waals surface area contributed by atoms with E-state index in [2.05, 4.69) is 18.2 Å². The highest BCUT2D eigenvalue weighted by molar-refractivity contribution is 5.13. The van der Waals surface area contributed by atoms with E-state index >= 15 is 0 Å². The lowest BCUT2D eigenvalue weighted by atomic mass is 10.1. The number of benzene rings is 1. The molecular weight excluding hydrogens is 148 g/mol. The molecule has 0 atom stereocenters. The minimum Gasteiger partial charge on any atom is -0.382 e. The van der Waals surface area contributed by atoms with Crippen LogP contribution in [0.15, 0.2) is 24.3 Å². The van der Waals surface area contributed by atoms with Gasteiger partial charge in [0.2, 0.25) is 0 Å². The normalized spacial score (nSPS) is 10.1. The van der Waals surface area contributed by atoms with Crippen molar-refractivity contribution in [2.24, 2.45) is 0 Å². The average molecular weight is 163 g/mol. The molecular formula is C11H15O. The van der Waals surface area contributed by atoms with Gasteiger partial charge < -0.3 is 4.74 Å². The summed E-state index contributed by atoms with van der Waals surface area (Å²) in [7, 11) is 0. The molecule has 1 heteroatoms. The number of ether oxygens (including phenoxy) is 1.